The van der Waals surface area contributed by atoms with Gasteiger partial charge in [0.2, 0.25) is 0 Å². The van der Waals surface area contributed by atoms with E-state index in [2.05, 4.69) is 31.7 Å². The second-order valence-electron chi connectivity index (χ2n) is 8.73. The van der Waals surface area contributed by atoms with Crippen LogP contribution in [-0.2, 0) is 0 Å². The number of ketones is 1. The molecule has 1 fully saturated rings. The summed E-state index contributed by atoms with van der Waals surface area (Å²) in [6, 6.07) is 13.8. The lowest BCUT2D eigenvalue weighted by Gasteiger charge is -2.38. The van der Waals surface area contributed by atoms with Gasteiger partial charge < -0.3 is 4.42 Å². The third kappa shape index (κ3) is 3.66. The summed E-state index contributed by atoms with van der Waals surface area (Å²) < 4.78 is 5.87. The van der Waals surface area contributed by atoms with Crippen LogP contribution in [0.15, 0.2) is 46.9 Å². The van der Waals surface area contributed by atoms with Crippen LogP contribution in [0.1, 0.15) is 56.8 Å². The first kappa shape index (κ1) is 18.2. The summed E-state index contributed by atoms with van der Waals surface area (Å²) in [5, 5.41) is 2.10. The fourth-order valence-corrected chi connectivity index (χ4v) is 4.71. The van der Waals surface area contributed by atoms with E-state index < -0.39 is 0 Å². The van der Waals surface area contributed by atoms with Gasteiger partial charge in [0.05, 0.1) is 0 Å². The molecule has 3 aromatic rings. The molecule has 0 amide bonds. The number of nitrogens with zero attached hydrogens (tertiary/aromatic N) is 1. The monoisotopic (exact) mass is 363 g/mol. The molecule has 0 aliphatic carbocycles. The topological polar surface area (TPSA) is 33.5 Å². The summed E-state index contributed by atoms with van der Waals surface area (Å²) in [7, 11) is 0. The maximum absolute atomic E-state index is 12.9. The van der Waals surface area contributed by atoms with Crippen LogP contribution in [0.4, 0.5) is 0 Å². The maximum Gasteiger partial charge on any atom is 0.164 e. The number of para-hydroxylation sites is 1. The molecular weight excluding hydrogens is 334 g/mol. The molecule has 27 heavy (non-hydrogen) atoms. The second-order valence-corrected chi connectivity index (χ2v) is 8.73. The zero-order chi connectivity index (χ0) is 19.0. The number of fused-ring (bicyclic) bond motifs is 3. The number of hydrogen-bond donors (Lipinski definition) is 0. The SMILES string of the molecule is CC1CCCN(CCC(=O)c2ccc3oc4ccccc4c3c2)C(C)(C)C1. The number of furan rings is 1. The lowest BCUT2D eigenvalue weighted by molar-refractivity contribution is 0.0877. The maximum atomic E-state index is 12.9. The van der Waals surface area contributed by atoms with E-state index in [0.29, 0.717) is 6.42 Å². The van der Waals surface area contributed by atoms with Gasteiger partial charge in [-0.05, 0) is 69.8 Å². The van der Waals surface area contributed by atoms with Gasteiger partial charge in [-0.25, -0.2) is 0 Å². The molecule has 3 heteroatoms. The smallest absolute Gasteiger partial charge is 0.164 e. The van der Waals surface area contributed by atoms with Crippen LogP contribution in [0, 0.1) is 5.92 Å². The van der Waals surface area contributed by atoms with Crippen molar-refractivity contribution >= 4 is 27.7 Å². The molecule has 142 valence electrons. The predicted octanol–water partition coefficient (Wildman–Crippen LogP) is 6.06. The molecule has 2 heterocycles. The van der Waals surface area contributed by atoms with Crippen molar-refractivity contribution in [1.29, 1.82) is 0 Å². The van der Waals surface area contributed by atoms with Gasteiger partial charge >= 0.3 is 0 Å². The molecule has 1 aromatic heterocycles. The first-order valence-electron chi connectivity index (χ1n) is 10.1. The quantitative estimate of drug-likeness (QED) is 0.528. The van der Waals surface area contributed by atoms with Gasteiger partial charge in [0.25, 0.3) is 0 Å². The highest BCUT2D eigenvalue weighted by Crippen LogP contribution is 2.31. The minimum absolute atomic E-state index is 0.168. The average molecular weight is 364 g/mol. The van der Waals surface area contributed by atoms with Gasteiger partial charge in [-0.3, -0.25) is 9.69 Å². The van der Waals surface area contributed by atoms with Crippen LogP contribution < -0.4 is 0 Å². The Morgan fingerprint density at radius 1 is 1.15 bits per heavy atom. The Morgan fingerprint density at radius 2 is 1.93 bits per heavy atom. The Labute approximate surface area is 161 Å². The standard InChI is InChI=1S/C24H29NO2/c1-17-7-6-13-25(24(2,3)16-17)14-12-21(26)18-10-11-23-20(15-18)19-8-4-5-9-22(19)27-23/h4-5,8-11,15,17H,6-7,12-14,16H2,1-3H3. The number of likely N-dealkylation sites (tertiary alicyclic amines) is 1. The number of carbonyl (C=O) groups excluding carboxylic acids is 1. The Morgan fingerprint density at radius 3 is 2.78 bits per heavy atom. The van der Waals surface area contributed by atoms with Crippen LogP contribution in [0.5, 0.6) is 0 Å². The van der Waals surface area contributed by atoms with Crippen LogP contribution in [0.25, 0.3) is 21.9 Å². The molecule has 1 unspecified atom stereocenters. The Hall–Kier alpha value is -2.13. The lowest BCUT2D eigenvalue weighted by Crippen LogP contribution is -2.44. The van der Waals surface area contributed by atoms with Crippen LogP contribution in [0.2, 0.25) is 0 Å². The van der Waals surface area contributed by atoms with Gasteiger partial charge in [0, 0.05) is 34.8 Å². The van der Waals surface area contributed by atoms with Crippen molar-refractivity contribution in [2.45, 2.75) is 52.0 Å². The highest BCUT2D eigenvalue weighted by atomic mass is 16.3. The van der Waals surface area contributed by atoms with Crippen molar-refractivity contribution in [3.63, 3.8) is 0 Å². The van der Waals surface area contributed by atoms with Crippen molar-refractivity contribution in [3.8, 4) is 0 Å². The molecule has 0 radical (unpaired) electrons. The van der Waals surface area contributed by atoms with Gasteiger partial charge in [0.1, 0.15) is 11.2 Å². The normalized spacial score (nSPS) is 20.8. The van der Waals surface area contributed by atoms with Crippen molar-refractivity contribution in [3.05, 3.63) is 48.0 Å². The summed E-state index contributed by atoms with van der Waals surface area (Å²) in [5.41, 5.74) is 2.67. The molecule has 1 aliphatic heterocycles. The molecule has 0 saturated carbocycles. The minimum atomic E-state index is 0.168. The van der Waals surface area contributed by atoms with Crippen molar-refractivity contribution in [1.82, 2.24) is 4.90 Å². The van der Waals surface area contributed by atoms with Gasteiger partial charge in [-0.15, -0.1) is 0 Å². The fourth-order valence-electron chi connectivity index (χ4n) is 4.71. The van der Waals surface area contributed by atoms with E-state index in [1.807, 2.05) is 36.4 Å². The van der Waals surface area contributed by atoms with Crippen molar-refractivity contribution in [2.75, 3.05) is 13.1 Å². The molecule has 0 N–H and O–H groups in total. The van der Waals surface area contributed by atoms with E-state index in [-0.39, 0.29) is 11.3 Å². The van der Waals surface area contributed by atoms with Crippen molar-refractivity contribution in [2.24, 2.45) is 5.92 Å². The van der Waals surface area contributed by atoms with E-state index in [4.69, 9.17) is 4.42 Å². The fraction of sp³-hybridized carbons (Fsp3) is 0.458. The molecule has 0 spiro atoms. The van der Waals surface area contributed by atoms with Crippen LogP contribution >= 0.6 is 0 Å². The third-order valence-corrected chi connectivity index (χ3v) is 6.14. The Bertz CT molecular complexity index is 969. The lowest BCUT2D eigenvalue weighted by atomic mass is 9.90. The number of benzene rings is 2. The van der Waals surface area contributed by atoms with Gasteiger partial charge in [0.15, 0.2) is 5.78 Å². The summed E-state index contributed by atoms with van der Waals surface area (Å²) in [5.74, 6) is 0.979. The van der Waals surface area contributed by atoms with E-state index in [1.54, 1.807) is 0 Å². The molecule has 0 bridgehead atoms. The first-order valence-corrected chi connectivity index (χ1v) is 10.1. The third-order valence-electron chi connectivity index (χ3n) is 6.14. The van der Waals surface area contributed by atoms with E-state index in [9.17, 15) is 4.79 Å². The number of rotatable bonds is 4. The highest BCUT2D eigenvalue weighted by Gasteiger charge is 2.31. The molecule has 2 aromatic carbocycles. The summed E-state index contributed by atoms with van der Waals surface area (Å²) in [6.45, 7) is 8.92. The summed E-state index contributed by atoms with van der Waals surface area (Å²) in [6.07, 6.45) is 4.29. The predicted molar refractivity (Wildman–Crippen MR) is 111 cm³/mol. The number of carbonyl (C=O) groups is 1. The Kier molecular flexibility index (Phi) is 4.81. The second kappa shape index (κ2) is 7.12. The van der Waals surface area contributed by atoms with E-state index in [0.717, 1.165) is 46.5 Å². The molecule has 1 saturated heterocycles. The van der Waals surface area contributed by atoms with Crippen LogP contribution in [0.3, 0.4) is 0 Å². The molecule has 4 rings (SSSR count). The zero-order valence-electron chi connectivity index (χ0n) is 16.6. The molecule has 1 aliphatic rings. The van der Waals surface area contributed by atoms with Gasteiger partial charge in [-0.1, -0.05) is 25.1 Å². The minimum Gasteiger partial charge on any atom is -0.456 e. The highest BCUT2D eigenvalue weighted by molar-refractivity contribution is 6.08. The van der Waals surface area contributed by atoms with Gasteiger partial charge in [-0.2, -0.15) is 0 Å². The van der Waals surface area contributed by atoms with Crippen molar-refractivity contribution < 1.29 is 9.21 Å². The summed E-state index contributed by atoms with van der Waals surface area (Å²) in [4.78, 5) is 15.4. The van der Waals surface area contributed by atoms with Crippen LogP contribution in [-0.4, -0.2) is 29.3 Å². The Balaban J connectivity index is 1.52. The van der Waals surface area contributed by atoms with E-state index in [1.165, 1.54) is 19.3 Å². The number of hydrogen-bond acceptors (Lipinski definition) is 3. The molecular formula is C24H29NO2. The molecule has 1 atom stereocenters. The zero-order valence-corrected chi connectivity index (χ0v) is 16.6. The first-order chi connectivity index (χ1) is 12.9. The van der Waals surface area contributed by atoms with E-state index >= 15 is 0 Å². The summed E-state index contributed by atoms with van der Waals surface area (Å²) >= 11 is 0. The molecule has 3 nitrogen and oxygen atoms in total. The number of Topliss-reactive ketones (excluding diaryl/α,β-unsaturated/α-hetero) is 1. The largest absolute Gasteiger partial charge is 0.456 e. The average Bonchev–Trinajstić information content (AvgIpc) is 2.94.